The number of carbonyl (C=O) groups excluding carboxylic acids is 1. The van der Waals surface area contributed by atoms with E-state index in [0.29, 0.717) is 48.6 Å². The van der Waals surface area contributed by atoms with Gasteiger partial charge in [0.1, 0.15) is 22.6 Å². The van der Waals surface area contributed by atoms with Crippen molar-refractivity contribution >= 4 is 11.7 Å². The monoisotopic (exact) mass is 394 g/mol. The highest BCUT2D eigenvalue weighted by molar-refractivity contribution is 5.83. The van der Waals surface area contributed by atoms with E-state index >= 15 is 0 Å². The third kappa shape index (κ3) is 3.41. The molecule has 4 rings (SSSR count). The van der Waals surface area contributed by atoms with Crippen molar-refractivity contribution in [3.63, 3.8) is 0 Å². The SMILES string of the molecule is COC(=O)C1(c2cc(C)on2)CCN(c2cnnc(-c3ccccc3O)c2)CC1. The van der Waals surface area contributed by atoms with E-state index in [1.807, 2.05) is 12.1 Å². The number of piperidine rings is 1. The number of hydrogen-bond donors (Lipinski definition) is 1. The number of para-hydroxylation sites is 1. The maximum absolute atomic E-state index is 12.6. The molecule has 1 aliphatic heterocycles. The van der Waals surface area contributed by atoms with Crippen molar-refractivity contribution < 1.29 is 19.2 Å². The molecule has 8 nitrogen and oxygen atoms in total. The predicted octanol–water partition coefficient (Wildman–Crippen LogP) is 2.86. The summed E-state index contributed by atoms with van der Waals surface area (Å²) in [6.45, 7) is 3.04. The highest BCUT2D eigenvalue weighted by Gasteiger charge is 2.46. The molecule has 0 atom stereocenters. The molecule has 0 unspecified atom stereocenters. The van der Waals surface area contributed by atoms with Crippen LogP contribution < -0.4 is 4.90 Å². The summed E-state index contributed by atoms with van der Waals surface area (Å²) in [7, 11) is 1.40. The molecule has 3 heterocycles. The van der Waals surface area contributed by atoms with Crippen LogP contribution in [0.1, 0.15) is 24.3 Å². The van der Waals surface area contributed by atoms with Crippen LogP contribution in [0, 0.1) is 6.92 Å². The Labute approximate surface area is 168 Å². The van der Waals surface area contributed by atoms with E-state index in [2.05, 4.69) is 20.3 Å². The van der Waals surface area contributed by atoms with Crippen molar-refractivity contribution in [2.75, 3.05) is 25.1 Å². The molecule has 0 aliphatic carbocycles. The average molecular weight is 394 g/mol. The standard InChI is InChI=1S/C21H22N4O4/c1-14-11-19(24-29-14)21(20(27)28-2)7-9-25(10-8-21)15-12-17(23-22-13-15)16-5-3-4-6-18(16)26/h3-6,11-13,26H,7-10H2,1-2H3. The lowest BCUT2D eigenvalue weighted by atomic mass is 9.75. The van der Waals surface area contributed by atoms with Gasteiger partial charge in [-0.1, -0.05) is 17.3 Å². The number of benzene rings is 1. The van der Waals surface area contributed by atoms with Crippen LogP contribution in [0.4, 0.5) is 5.69 Å². The Balaban J connectivity index is 1.59. The van der Waals surface area contributed by atoms with Crippen molar-refractivity contribution in [3.05, 3.63) is 54.0 Å². The molecule has 1 aliphatic rings. The van der Waals surface area contributed by atoms with Gasteiger partial charge < -0.3 is 19.3 Å². The van der Waals surface area contributed by atoms with E-state index in [4.69, 9.17) is 9.26 Å². The van der Waals surface area contributed by atoms with Gasteiger partial charge in [0.25, 0.3) is 0 Å². The second-order valence-electron chi connectivity index (χ2n) is 7.20. The lowest BCUT2D eigenvalue weighted by molar-refractivity contribution is -0.148. The number of phenols is 1. The fourth-order valence-electron chi connectivity index (χ4n) is 3.85. The second kappa shape index (κ2) is 7.54. The fraction of sp³-hybridized carbons (Fsp3) is 0.333. The smallest absolute Gasteiger partial charge is 0.318 e. The highest BCUT2D eigenvalue weighted by atomic mass is 16.5. The van der Waals surface area contributed by atoms with Crippen LogP contribution in [0.25, 0.3) is 11.3 Å². The molecule has 1 aromatic carbocycles. The van der Waals surface area contributed by atoms with Crippen molar-refractivity contribution in [3.8, 4) is 17.0 Å². The zero-order chi connectivity index (χ0) is 20.4. The largest absolute Gasteiger partial charge is 0.507 e. The Morgan fingerprint density at radius 2 is 2.00 bits per heavy atom. The Morgan fingerprint density at radius 1 is 1.24 bits per heavy atom. The number of methoxy groups -OCH3 is 1. The van der Waals surface area contributed by atoms with Crippen LogP contribution >= 0.6 is 0 Å². The molecule has 1 fully saturated rings. The maximum atomic E-state index is 12.6. The van der Waals surface area contributed by atoms with Crippen LogP contribution in [-0.2, 0) is 14.9 Å². The van der Waals surface area contributed by atoms with Gasteiger partial charge >= 0.3 is 5.97 Å². The lowest BCUT2D eigenvalue weighted by Gasteiger charge is -2.39. The molecule has 0 saturated carbocycles. The van der Waals surface area contributed by atoms with Crippen molar-refractivity contribution in [1.29, 1.82) is 0 Å². The molecule has 1 N–H and O–H groups in total. The zero-order valence-corrected chi connectivity index (χ0v) is 16.3. The number of rotatable bonds is 4. The number of aryl methyl sites for hydroxylation is 1. The molecule has 0 radical (unpaired) electrons. The Kier molecular flexibility index (Phi) is 4.92. The number of carbonyl (C=O) groups is 1. The third-order valence-electron chi connectivity index (χ3n) is 5.50. The molecule has 150 valence electrons. The first-order valence-corrected chi connectivity index (χ1v) is 9.42. The van der Waals surface area contributed by atoms with Gasteiger partial charge in [-0.05, 0) is 38.0 Å². The molecular formula is C21H22N4O4. The summed E-state index contributed by atoms with van der Waals surface area (Å²) in [5.41, 5.74) is 1.90. The Bertz CT molecular complexity index is 1020. The molecule has 8 heteroatoms. The summed E-state index contributed by atoms with van der Waals surface area (Å²) in [6.07, 6.45) is 2.77. The van der Waals surface area contributed by atoms with Crippen molar-refractivity contribution in [2.24, 2.45) is 0 Å². The van der Waals surface area contributed by atoms with Crippen molar-refractivity contribution in [1.82, 2.24) is 15.4 Å². The predicted molar refractivity (Wildman–Crippen MR) is 106 cm³/mol. The summed E-state index contributed by atoms with van der Waals surface area (Å²) in [4.78, 5) is 14.8. The van der Waals surface area contributed by atoms with Gasteiger partial charge in [-0.3, -0.25) is 4.79 Å². The van der Waals surface area contributed by atoms with Crippen molar-refractivity contribution in [2.45, 2.75) is 25.2 Å². The molecule has 0 bridgehead atoms. The number of phenolic OH excluding ortho intramolecular Hbond substituents is 1. The van der Waals surface area contributed by atoms with Crippen LogP contribution in [0.15, 0.2) is 47.1 Å². The Hall–Kier alpha value is -3.42. The summed E-state index contributed by atoms with van der Waals surface area (Å²) >= 11 is 0. The number of anilines is 1. The number of ether oxygens (including phenoxy) is 1. The quantitative estimate of drug-likeness (QED) is 0.674. The van der Waals surface area contributed by atoms with Gasteiger partial charge in [-0.2, -0.15) is 10.2 Å². The molecule has 3 aromatic rings. The zero-order valence-electron chi connectivity index (χ0n) is 16.3. The summed E-state index contributed by atoms with van der Waals surface area (Å²) in [5, 5.41) is 22.5. The minimum absolute atomic E-state index is 0.156. The molecule has 0 spiro atoms. The van der Waals surface area contributed by atoms with Crippen LogP contribution in [0.2, 0.25) is 0 Å². The number of hydrogen-bond acceptors (Lipinski definition) is 8. The van der Waals surface area contributed by atoms with Crippen LogP contribution in [-0.4, -0.2) is 46.6 Å². The number of esters is 1. The highest BCUT2D eigenvalue weighted by Crippen LogP contribution is 2.38. The first-order valence-electron chi connectivity index (χ1n) is 9.42. The summed E-state index contributed by atoms with van der Waals surface area (Å²) in [5.74, 6) is 0.522. The molecule has 2 aromatic heterocycles. The number of aromatic nitrogens is 3. The van der Waals surface area contributed by atoms with E-state index < -0.39 is 5.41 Å². The molecule has 1 saturated heterocycles. The number of aromatic hydroxyl groups is 1. The topological polar surface area (TPSA) is 102 Å². The Morgan fingerprint density at radius 3 is 2.66 bits per heavy atom. The van der Waals surface area contributed by atoms with E-state index in [0.717, 1.165) is 5.69 Å². The van der Waals surface area contributed by atoms with Gasteiger partial charge in [-0.25, -0.2) is 0 Å². The van der Waals surface area contributed by atoms with Gasteiger partial charge in [0.15, 0.2) is 0 Å². The van der Waals surface area contributed by atoms with Gasteiger partial charge in [0.05, 0.1) is 24.7 Å². The maximum Gasteiger partial charge on any atom is 0.318 e. The number of nitrogens with zero attached hydrogens (tertiary/aromatic N) is 4. The van der Waals surface area contributed by atoms with Crippen LogP contribution in [0.5, 0.6) is 5.75 Å². The molecule has 0 amide bonds. The first-order chi connectivity index (χ1) is 14.0. The molecule has 29 heavy (non-hydrogen) atoms. The third-order valence-corrected chi connectivity index (χ3v) is 5.50. The fourth-order valence-corrected chi connectivity index (χ4v) is 3.85. The lowest BCUT2D eigenvalue weighted by Crippen LogP contribution is -2.48. The van der Waals surface area contributed by atoms with Crippen LogP contribution in [0.3, 0.4) is 0 Å². The van der Waals surface area contributed by atoms with Gasteiger partial charge in [0.2, 0.25) is 0 Å². The molecular weight excluding hydrogens is 372 g/mol. The summed E-state index contributed by atoms with van der Waals surface area (Å²) in [6, 6.07) is 10.7. The average Bonchev–Trinajstić information content (AvgIpc) is 3.20. The first kappa shape index (κ1) is 18.9. The summed E-state index contributed by atoms with van der Waals surface area (Å²) < 4.78 is 10.3. The second-order valence-corrected chi connectivity index (χ2v) is 7.20. The minimum Gasteiger partial charge on any atom is -0.507 e. The van der Waals surface area contributed by atoms with Gasteiger partial charge in [0, 0.05) is 24.7 Å². The minimum atomic E-state index is -0.815. The van der Waals surface area contributed by atoms with Gasteiger partial charge in [-0.15, -0.1) is 0 Å². The van der Waals surface area contributed by atoms with E-state index in [1.165, 1.54) is 7.11 Å². The van der Waals surface area contributed by atoms with E-state index in [1.54, 1.807) is 37.4 Å². The van der Waals surface area contributed by atoms with E-state index in [-0.39, 0.29) is 11.7 Å². The normalized spacial score (nSPS) is 15.9. The van der Waals surface area contributed by atoms with E-state index in [9.17, 15) is 9.90 Å².